The molecule has 3 N–H and O–H groups in total. The van der Waals surface area contributed by atoms with Gasteiger partial charge >= 0.3 is 0 Å². The summed E-state index contributed by atoms with van der Waals surface area (Å²) in [5.74, 6) is 0.953. The fraction of sp³-hybridized carbons (Fsp3) is 0.212. The van der Waals surface area contributed by atoms with E-state index in [1.165, 1.54) is 11.1 Å². The molecule has 196 valence electrons. The van der Waals surface area contributed by atoms with E-state index < -0.39 is 0 Å². The molecular formula is C33H30BrN3O2. The zero-order valence-electron chi connectivity index (χ0n) is 21.5. The van der Waals surface area contributed by atoms with E-state index in [4.69, 9.17) is 4.99 Å². The summed E-state index contributed by atoms with van der Waals surface area (Å²) in [5, 5.41) is 17.3. The summed E-state index contributed by atoms with van der Waals surface area (Å²) in [7, 11) is 0. The highest BCUT2D eigenvalue weighted by Gasteiger charge is 2.56. The number of nitrogens with one attached hydrogen (secondary N) is 2. The summed E-state index contributed by atoms with van der Waals surface area (Å²) in [5.41, 5.74) is 7.56. The Labute approximate surface area is 237 Å². The maximum absolute atomic E-state index is 12.4. The van der Waals surface area contributed by atoms with E-state index in [-0.39, 0.29) is 23.6 Å². The largest absolute Gasteiger partial charge is 0.507 e. The molecule has 2 aliphatic carbocycles. The molecule has 0 spiro atoms. The predicted molar refractivity (Wildman–Crippen MR) is 159 cm³/mol. The number of phenolic OH excluding ortho intramolecular Hbond substituents is 1. The van der Waals surface area contributed by atoms with Crippen molar-refractivity contribution in [1.29, 1.82) is 0 Å². The van der Waals surface area contributed by atoms with Crippen molar-refractivity contribution in [3.8, 4) is 5.75 Å². The van der Waals surface area contributed by atoms with Crippen LogP contribution in [0, 0.1) is 11.8 Å². The summed E-state index contributed by atoms with van der Waals surface area (Å²) in [4.78, 5) is 17.1. The van der Waals surface area contributed by atoms with Crippen LogP contribution in [0.5, 0.6) is 5.75 Å². The Morgan fingerprint density at radius 2 is 1.62 bits per heavy atom. The fourth-order valence-corrected chi connectivity index (χ4v) is 6.04. The van der Waals surface area contributed by atoms with Crippen LogP contribution in [0.4, 0.5) is 0 Å². The number of carbonyl (C=O) groups is 1. The van der Waals surface area contributed by atoms with Gasteiger partial charge in [0.15, 0.2) is 0 Å². The molecule has 0 radical (unpaired) electrons. The molecule has 6 rings (SSSR count). The van der Waals surface area contributed by atoms with Crippen molar-refractivity contribution < 1.29 is 9.90 Å². The number of aryl methyl sites for hydroxylation is 1. The van der Waals surface area contributed by atoms with E-state index >= 15 is 0 Å². The second kappa shape index (κ2) is 11.1. The molecule has 3 aromatic carbocycles. The van der Waals surface area contributed by atoms with Crippen molar-refractivity contribution in [2.75, 3.05) is 0 Å². The molecule has 3 aliphatic rings. The van der Waals surface area contributed by atoms with Crippen LogP contribution in [0.15, 0.2) is 112 Å². The Balaban J connectivity index is 1.13. The van der Waals surface area contributed by atoms with Gasteiger partial charge in [0.1, 0.15) is 5.75 Å². The van der Waals surface area contributed by atoms with Gasteiger partial charge in [0, 0.05) is 53.3 Å². The molecule has 1 aliphatic heterocycles. The monoisotopic (exact) mass is 579 g/mol. The number of fused-ring (bicyclic) bond motifs is 1. The molecule has 3 aromatic rings. The number of allylic oxidation sites excluding steroid dienone is 4. The number of nitrogens with zero attached hydrogens (tertiary/aromatic N) is 1. The molecule has 0 saturated heterocycles. The number of aromatic hydroxyl groups is 1. The van der Waals surface area contributed by atoms with Gasteiger partial charge in [-0.15, -0.1) is 0 Å². The summed E-state index contributed by atoms with van der Waals surface area (Å²) < 4.78 is 1.01. The van der Waals surface area contributed by atoms with Gasteiger partial charge in [-0.3, -0.25) is 9.79 Å². The van der Waals surface area contributed by atoms with Crippen molar-refractivity contribution in [3.63, 3.8) is 0 Å². The van der Waals surface area contributed by atoms with Crippen molar-refractivity contribution in [2.24, 2.45) is 16.8 Å². The zero-order valence-corrected chi connectivity index (χ0v) is 23.1. The SMILES string of the molecule is O=C(CCc1ccccc1)NCc1cccc(CNC2=CC(c3ccccc3O)=CC3=C(Br)C=NC4C2C34)c1. The van der Waals surface area contributed by atoms with Crippen molar-refractivity contribution in [2.45, 2.75) is 32.0 Å². The minimum Gasteiger partial charge on any atom is -0.507 e. The number of hydrogen-bond acceptors (Lipinski definition) is 4. The first kappa shape index (κ1) is 25.4. The average Bonchev–Trinajstić information content (AvgIpc) is 3.72. The van der Waals surface area contributed by atoms with Crippen LogP contribution in [-0.4, -0.2) is 23.3 Å². The second-order valence-corrected chi connectivity index (χ2v) is 11.1. The number of aliphatic imine (C=N–C) groups is 1. The Kier molecular flexibility index (Phi) is 7.20. The number of halogens is 1. The number of amides is 1. The minimum atomic E-state index is 0.0568. The van der Waals surface area contributed by atoms with E-state index in [0.29, 0.717) is 25.4 Å². The van der Waals surface area contributed by atoms with E-state index in [9.17, 15) is 9.90 Å². The molecular weight excluding hydrogens is 550 g/mol. The average molecular weight is 581 g/mol. The second-order valence-electron chi connectivity index (χ2n) is 10.3. The lowest BCUT2D eigenvalue weighted by Crippen LogP contribution is -2.23. The van der Waals surface area contributed by atoms with Crippen LogP contribution in [0.1, 0.15) is 28.7 Å². The van der Waals surface area contributed by atoms with Gasteiger partial charge in [0.05, 0.1) is 6.04 Å². The molecule has 1 fully saturated rings. The normalized spacial score (nSPS) is 20.9. The summed E-state index contributed by atoms with van der Waals surface area (Å²) >= 11 is 3.70. The Hall–Kier alpha value is -3.90. The minimum absolute atomic E-state index is 0.0568. The Bertz CT molecular complexity index is 1520. The van der Waals surface area contributed by atoms with Crippen LogP contribution in [0.25, 0.3) is 5.57 Å². The van der Waals surface area contributed by atoms with Crippen molar-refractivity contribution in [1.82, 2.24) is 10.6 Å². The lowest BCUT2D eigenvalue weighted by molar-refractivity contribution is -0.121. The first-order chi connectivity index (χ1) is 19.1. The highest BCUT2D eigenvalue weighted by molar-refractivity contribution is 9.12. The van der Waals surface area contributed by atoms with Crippen molar-refractivity contribution in [3.05, 3.63) is 129 Å². The molecule has 39 heavy (non-hydrogen) atoms. The highest BCUT2D eigenvalue weighted by Crippen LogP contribution is 2.56. The number of rotatable bonds is 9. The molecule has 1 saturated carbocycles. The topological polar surface area (TPSA) is 73.7 Å². The van der Waals surface area contributed by atoms with Crippen LogP contribution in [0.2, 0.25) is 0 Å². The molecule has 0 bridgehead atoms. The predicted octanol–water partition coefficient (Wildman–Crippen LogP) is 6.06. The smallest absolute Gasteiger partial charge is 0.220 e. The Morgan fingerprint density at radius 1 is 0.872 bits per heavy atom. The standard InChI is InChI=1S/C33H30BrN3O2/c34-27-20-37-33-31-26(27)16-24(25-11-4-5-12-29(25)38)17-28(32(31)33)35-18-22-9-6-10-23(15-22)19-36-30(39)14-13-21-7-2-1-3-8-21/h1-12,15-17,20,31-33,35,38H,13-14,18-19H2,(H,36,39). The van der Waals surface area contributed by atoms with Crippen LogP contribution >= 0.6 is 15.9 Å². The van der Waals surface area contributed by atoms with Gasteiger partial charge in [-0.1, -0.05) is 72.8 Å². The number of para-hydroxylation sites is 1. The third-order valence-corrected chi connectivity index (χ3v) is 8.30. The molecule has 1 amide bonds. The lowest BCUT2D eigenvalue weighted by Gasteiger charge is -2.14. The quantitative estimate of drug-likeness (QED) is 0.288. The number of hydrogen-bond donors (Lipinski definition) is 3. The number of phenols is 1. The number of carbonyl (C=O) groups excluding carboxylic acids is 1. The number of benzene rings is 3. The molecule has 6 heteroatoms. The van der Waals surface area contributed by atoms with Crippen molar-refractivity contribution >= 4 is 33.6 Å². The third-order valence-electron chi connectivity index (χ3n) is 7.63. The Morgan fingerprint density at radius 3 is 2.44 bits per heavy atom. The van der Waals surface area contributed by atoms with Crippen LogP contribution < -0.4 is 10.6 Å². The van der Waals surface area contributed by atoms with E-state index in [1.54, 1.807) is 6.07 Å². The van der Waals surface area contributed by atoms with E-state index in [2.05, 4.69) is 50.8 Å². The van der Waals surface area contributed by atoms with Gasteiger partial charge in [0.2, 0.25) is 5.91 Å². The zero-order chi connectivity index (χ0) is 26.8. The van der Waals surface area contributed by atoms with Gasteiger partial charge in [-0.2, -0.15) is 0 Å². The van der Waals surface area contributed by atoms with E-state index in [1.807, 2.05) is 66.9 Å². The van der Waals surface area contributed by atoms with Gasteiger partial charge in [0.25, 0.3) is 0 Å². The molecule has 5 nitrogen and oxygen atoms in total. The molecule has 1 heterocycles. The first-order valence-corrected chi connectivity index (χ1v) is 14.1. The van der Waals surface area contributed by atoms with Crippen LogP contribution in [-0.2, 0) is 24.3 Å². The maximum Gasteiger partial charge on any atom is 0.220 e. The maximum atomic E-state index is 12.4. The van der Waals surface area contributed by atoms with Gasteiger partial charge in [-0.05, 0) is 68.4 Å². The lowest BCUT2D eigenvalue weighted by atomic mass is 9.99. The van der Waals surface area contributed by atoms with Crippen LogP contribution in [0.3, 0.4) is 0 Å². The first-order valence-electron chi connectivity index (χ1n) is 13.3. The van der Waals surface area contributed by atoms with Gasteiger partial charge < -0.3 is 15.7 Å². The highest BCUT2D eigenvalue weighted by atomic mass is 79.9. The molecule has 3 unspecified atom stereocenters. The summed E-state index contributed by atoms with van der Waals surface area (Å²) in [6, 6.07) is 26.1. The van der Waals surface area contributed by atoms with Gasteiger partial charge in [-0.25, -0.2) is 0 Å². The number of dihydropyridines is 1. The fourth-order valence-electron chi connectivity index (χ4n) is 5.55. The summed E-state index contributed by atoms with van der Waals surface area (Å²) in [6.45, 7) is 1.17. The third kappa shape index (κ3) is 5.62. The summed E-state index contributed by atoms with van der Waals surface area (Å²) in [6.07, 6.45) is 7.47. The molecule has 0 aromatic heterocycles. The van der Waals surface area contributed by atoms with E-state index in [0.717, 1.165) is 38.9 Å². The molecule has 3 atom stereocenters.